The molecule has 3 aromatic rings. The van der Waals surface area contributed by atoms with Crippen molar-refractivity contribution in [2.75, 3.05) is 12.4 Å². The smallest absolute Gasteiger partial charge is 0.337 e. The molecule has 1 N–H and O–H groups in total. The molecule has 3 rings (SSSR count). The number of amides is 1. The molecule has 0 aliphatic carbocycles. The van der Waals surface area contributed by atoms with Crippen LogP contribution < -0.4 is 5.32 Å². The summed E-state index contributed by atoms with van der Waals surface area (Å²) in [5.41, 5.74) is 2.05. The molecule has 132 valence electrons. The second-order valence-corrected chi connectivity index (χ2v) is 6.54. The third-order valence-corrected chi connectivity index (χ3v) is 4.68. The zero-order chi connectivity index (χ0) is 18.5. The zero-order valence-corrected chi connectivity index (χ0v) is 15.3. The third kappa shape index (κ3) is 4.25. The second kappa shape index (κ2) is 8.07. The summed E-state index contributed by atoms with van der Waals surface area (Å²) in [4.78, 5) is 32.6. The minimum Gasteiger partial charge on any atom is -0.465 e. The van der Waals surface area contributed by atoms with Crippen LogP contribution in [0, 0.1) is 0 Å². The molecule has 26 heavy (non-hydrogen) atoms. The fourth-order valence-electron chi connectivity index (χ4n) is 2.22. The van der Waals surface area contributed by atoms with Crippen LogP contribution in [0.5, 0.6) is 0 Å². The average molecular weight is 388 g/mol. The van der Waals surface area contributed by atoms with Crippen molar-refractivity contribution in [3.05, 3.63) is 64.3 Å². The molecule has 6 nitrogen and oxygen atoms in total. The van der Waals surface area contributed by atoms with Crippen molar-refractivity contribution in [1.82, 2.24) is 9.97 Å². The first-order valence-electron chi connectivity index (χ1n) is 7.60. The van der Waals surface area contributed by atoms with Gasteiger partial charge in [0, 0.05) is 11.6 Å². The molecule has 1 amide bonds. The van der Waals surface area contributed by atoms with Gasteiger partial charge in [-0.15, -0.1) is 11.3 Å². The van der Waals surface area contributed by atoms with E-state index in [2.05, 4.69) is 20.0 Å². The number of methoxy groups -OCH3 is 1. The summed E-state index contributed by atoms with van der Waals surface area (Å²) in [5.74, 6) is -0.788. The highest BCUT2D eigenvalue weighted by Crippen LogP contribution is 2.25. The van der Waals surface area contributed by atoms with E-state index in [1.807, 2.05) is 23.6 Å². The Balaban J connectivity index is 1.70. The second-order valence-electron chi connectivity index (χ2n) is 5.27. The van der Waals surface area contributed by atoms with Gasteiger partial charge in [0.25, 0.3) is 0 Å². The van der Waals surface area contributed by atoms with E-state index >= 15 is 0 Å². The van der Waals surface area contributed by atoms with Crippen LogP contribution in [0.4, 0.5) is 5.69 Å². The lowest BCUT2D eigenvalue weighted by Gasteiger charge is -2.08. The molecule has 2 heterocycles. The van der Waals surface area contributed by atoms with E-state index in [0.29, 0.717) is 22.0 Å². The number of ether oxygens (including phenoxy) is 1. The average Bonchev–Trinajstić information content (AvgIpc) is 3.12. The molecule has 0 saturated heterocycles. The van der Waals surface area contributed by atoms with Gasteiger partial charge in [0.2, 0.25) is 5.91 Å². The number of halogens is 1. The molecule has 0 spiro atoms. The monoisotopic (exact) mass is 387 g/mol. The van der Waals surface area contributed by atoms with Gasteiger partial charge in [0.05, 0.1) is 41.2 Å². The summed E-state index contributed by atoms with van der Waals surface area (Å²) in [6, 6.07) is 10.1. The van der Waals surface area contributed by atoms with Gasteiger partial charge < -0.3 is 10.1 Å². The lowest BCUT2D eigenvalue weighted by atomic mass is 10.2. The highest BCUT2D eigenvalue weighted by Gasteiger charge is 2.13. The Labute approximate surface area is 158 Å². The largest absolute Gasteiger partial charge is 0.465 e. The quantitative estimate of drug-likeness (QED) is 0.673. The van der Waals surface area contributed by atoms with Crippen molar-refractivity contribution >= 4 is 40.5 Å². The predicted octanol–water partition coefficient (Wildman–Crippen LogP) is 3.83. The Kier molecular flexibility index (Phi) is 5.60. The van der Waals surface area contributed by atoms with E-state index in [0.717, 1.165) is 10.7 Å². The minimum absolute atomic E-state index is 0.0854. The molecule has 0 bridgehead atoms. The Morgan fingerprint density at radius 2 is 2.12 bits per heavy atom. The third-order valence-electron chi connectivity index (χ3n) is 3.44. The van der Waals surface area contributed by atoms with E-state index in [9.17, 15) is 9.59 Å². The molecule has 0 radical (unpaired) electrons. The number of nitrogens with one attached hydrogen (secondary N) is 1. The van der Waals surface area contributed by atoms with Crippen molar-refractivity contribution < 1.29 is 14.3 Å². The molecular formula is C18H14ClN3O3S. The highest BCUT2D eigenvalue weighted by atomic mass is 35.5. The Hall–Kier alpha value is -2.77. The number of anilines is 1. The highest BCUT2D eigenvalue weighted by molar-refractivity contribution is 7.13. The first-order valence-corrected chi connectivity index (χ1v) is 8.86. The number of esters is 1. The maximum absolute atomic E-state index is 12.3. The van der Waals surface area contributed by atoms with Crippen LogP contribution in [-0.4, -0.2) is 29.0 Å². The van der Waals surface area contributed by atoms with Crippen LogP contribution in [0.15, 0.2) is 48.0 Å². The first kappa shape index (κ1) is 18.0. The maximum Gasteiger partial charge on any atom is 0.337 e. The van der Waals surface area contributed by atoms with Gasteiger partial charge in [-0.25, -0.2) is 9.78 Å². The normalized spacial score (nSPS) is 10.4. The molecule has 0 aliphatic heterocycles. The SMILES string of the molecule is COC(=O)c1ccc(Cl)c(NC(=O)Cc2csc(-c3ccccn3)n2)c1. The number of rotatable bonds is 5. The van der Waals surface area contributed by atoms with E-state index < -0.39 is 5.97 Å². The molecule has 2 aromatic heterocycles. The Morgan fingerprint density at radius 3 is 2.85 bits per heavy atom. The number of nitrogens with zero attached hydrogens (tertiary/aromatic N) is 2. The maximum atomic E-state index is 12.3. The summed E-state index contributed by atoms with van der Waals surface area (Å²) >= 11 is 7.51. The fraction of sp³-hybridized carbons (Fsp3) is 0.111. The summed E-state index contributed by atoms with van der Waals surface area (Å²) in [7, 11) is 1.29. The van der Waals surface area contributed by atoms with Crippen LogP contribution in [0.1, 0.15) is 16.1 Å². The number of aromatic nitrogens is 2. The summed E-state index contributed by atoms with van der Waals surface area (Å²) in [6.07, 6.45) is 1.78. The molecule has 0 fully saturated rings. The predicted molar refractivity (Wildman–Crippen MR) is 100 cm³/mol. The molecule has 0 unspecified atom stereocenters. The van der Waals surface area contributed by atoms with E-state index in [1.54, 1.807) is 6.20 Å². The lowest BCUT2D eigenvalue weighted by molar-refractivity contribution is -0.115. The summed E-state index contributed by atoms with van der Waals surface area (Å²) < 4.78 is 4.67. The first-order chi connectivity index (χ1) is 12.6. The standard InChI is InChI=1S/C18H14ClN3O3S/c1-25-18(24)11-5-6-13(19)15(8-11)22-16(23)9-12-10-26-17(21-12)14-4-2-3-7-20-14/h2-8,10H,9H2,1H3,(H,22,23). The van der Waals surface area contributed by atoms with Crippen molar-refractivity contribution in [3.8, 4) is 10.7 Å². The van der Waals surface area contributed by atoms with Crippen LogP contribution in [0.3, 0.4) is 0 Å². The van der Waals surface area contributed by atoms with Crippen molar-refractivity contribution in [2.45, 2.75) is 6.42 Å². The molecule has 0 saturated carbocycles. The number of benzene rings is 1. The molecule has 1 aromatic carbocycles. The van der Waals surface area contributed by atoms with Crippen molar-refractivity contribution in [3.63, 3.8) is 0 Å². The number of carbonyl (C=O) groups is 2. The van der Waals surface area contributed by atoms with Gasteiger partial charge in [0.1, 0.15) is 5.01 Å². The Morgan fingerprint density at radius 1 is 1.27 bits per heavy atom. The molecule has 8 heteroatoms. The van der Waals surface area contributed by atoms with E-state index in [1.165, 1.54) is 36.6 Å². The Bertz CT molecular complexity index is 944. The number of hydrogen-bond donors (Lipinski definition) is 1. The van der Waals surface area contributed by atoms with Gasteiger partial charge in [-0.3, -0.25) is 9.78 Å². The lowest BCUT2D eigenvalue weighted by Crippen LogP contribution is -2.15. The van der Waals surface area contributed by atoms with Gasteiger partial charge in [-0.2, -0.15) is 0 Å². The van der Waals surface area contributed by atoms with Crippen LogP contribution in [0.2, 0.25) is 5.02 Å². The van der Waals surface area contributed by atoms with Gasteiger partial charge in [0.15, 0.2) is 0 Å². The number of thiazole rings is 1. The van der Waals surface area contributed by atoms with Gasteiger partial charge in [-0.1, -0.05) is 17.7 Å². The molecular weight excluding hydrogens is 374 g/mol. The van der Waals surface area contributed by atoms with Gasteiger partial charge >= 0.3 is 5.97 Å². The minimum atomic E-state index is -0.503. The topological polar surface area (TPSA) is 81.2 Å². The summed E-state index contributed by atoms with van der Waals surface area (Å²) in [6.45, 7) is 0. The number of hydrogen-bond acceptors (Lipinski definition) is 6. The van der Waals surface area contributed by atoms with Crippen LogP contribution >= 0.6 is 22.9 Å². The van der Waals surface area contributed by atoms with E-state index in [-0.39, 0.29) is 12.3 Å². The van der Waals surface area contributed by atoms with Crippen LogP contribution in [0.25, 0.3) is 10.7 Å². The number of pyridine rings is 1. The summed E-state index contributed by atoms with van der Waals surface area (Å²) in [5, 5.41) is 5.59. The molecule has 0 atom stereocenters. The van der Waals surface area contributed by atoms with E-state index in [4.69, 9.17) is 11.6 Å². The fourth-order valence-corrected chi connectivity index (χ4v) is 3.18. The zero-order valence-electron chi connectivity index (χ0n) is 13.7. The van der Waals surface area contributed by atoms with Crippen molar-refractivity contribution in [1.29, 1.82) is 0 Å². The van der Waals surface area contributed by atoms with Gasteiger partial charge in [-0.05, 0) is 30.3 Å². The van der Waals surface area contributed by atoms with Crippen LogP contribution in [-0.2, 0) is 16.0 Å². The van der Waals surface area contributed by atoms with Crippen molar-refractivity contribution in [2.24, 2.45) is 0 Å². The molecule has 0 aliphatic rings. The number of carbonyl (C=O) groups excluding carboxylic acids is 2.